The molecule has 0 aromatic heterocycles. The highest BCUT2D eigenvalue weighted by atomic mass is 19.4. The minimum Gasteiger partial charge on any atom is -0.466 e. The summed E-state index contributed by atoms with van der Waals surface area (Å²) >= 11 is 0. The molecule has 0 aliphatic carbocycles. The number of halogens is 5. The third kappa shape index (κ3) is 3.96. The molecule has 1 unspecified atom stereocenters. The molecule has 0 radical (unpaired) electrons. The Morgan fingerprint density at radius 1 is 1.09 bits per heavy atom. The van der Waals surface area contributed by atoms with Crippen LogP contribution in [0.4, 0.5) is 22.0 Å². The van der Waals surface area contributed by atoms with Gasteiger partial charge in [-0.05, 0) is 54.4 Å². The van der Waals surface area contributed by atoms with Gasteiger partial charge in [0, 0.05) is 12.7 Å². The molecule has 1 atom stereocenters. The van der Waals surface area contributed by atoms with Crippen molar-refractivity contribution in [3.05, 3.63) is 87.6 Å². The summed E-state index contributed by atoms with van der Waals surface area (Å²) in [6, 6.07) is 9.02. The molecular formula is C23H17F5N2O2. The zero-order valence-electron chi connectivity index (χ0n) is 17.2. The Bertz CT molecular complexity index is 1170. The molecule has 2 aromatic rings. The molecule has 4 nitrogen and oxygen atoms in total. The van der Waals surface area contributed by atoms with Crippen LogP contribution in [0.15, 0.2) is 59.3 Å². The summed E-state index contributed by atoms with van der Waals surface area (Å²) in [5.74, 6) is -4.07. The first-order valence-corrected chi connectivity index (χ1v) is 9.30. The number of nitriles is 1. The van der Waals surface area contributed by atoms with Crippen molar-refractivity contribution in [2.24, 2.45) is 0 Å². The van der Waals surface area contributed by atoms with Crippen molar-refractivity contribution in [1.29, 1.82) is 5.26 Å². The van der Waals surface area contributed by atoms with Crippen molar-refractivity contribution >= 4 is 11.7 Å². The minimum atomic E-state index is -4.95. The number of allylic oxidation sites excluding steroid dienone is 2. The van der Waals surface area contributed by atoms with Crippen LogP contribution >= 0.6 is 0 Å². The predicted octanol–water partition coefficient (Wildman–Crippen LogP) is 5.39. The summed E-state index contributed by atoms with van der Waals surface area (Å²) in [5.41, 5.74) is -1.38. The van der Waals surface area contributed by atoms with E-state index in [4.69, 9.17) is 4.74 Å². The number of carbonyl (C=O) groups excluding carboxylic acids is 1. The normalized spacial score (nSPS) is 16.8. The van der Waals surface area contributed by atoms with E-state index in [0.29, 0.717) is 11.6 Å². The molecule has 9 heteroatoms. The first kappa shape index (κ1) is 23.0. The largest absolute Gasteiger partial charge is 0.466 e. The predicted molar refractivity (Wildman–Crippen MR) is 106 cm³/mol. The highest BCUT2D eigenvalue weighted by Gasteiger charge is 2.43. The second kappa shape index (κ2) is 8.46. The van der Waals surface area contributed by atoms with Gasteiger partial charge in [-0.25, -0.2) is 13.6 Å². The molecule has 1 heterocycles. The van der Waals surface area contributed by atoms with Gasteiger partial charge in [0.25, 0.3) is 0 Å². The van der Waals surface area contributed by atoms with Crippen LogP contribution in [0, 0.1) is 23.0 Å². The molecule has 1 aliphatic heterocycles. The van der Waals surface area contributed by atoms with E-state index in [2.05, 4.69) is 0 Å². The first-order valence-electron chi connectivity index (χ1n) is 9.30. The van der Waals surface area contributed by atoms with Gasteiger partial charge in [0.15, 0.2) is 0 Å². The number of nitrogens with zero attached hydrogens (tertiary/aromatic N) is 2. The fourth-order valence-electron chi connectivity index (χ4n) is 3.81. The standard InChI is InChI=1S/C23H17F5N2O2/c1-12-19(22(31)32-3)20(16-9-8-15(25)10-18(16)23(26,27)28)17(11-29)21(30(12)2)13-4-6-14(24)7-5-13/h4-10,20H,1-3H3. The number of carbonyl (C=O) groups is 1. The van der Waals surface area contributed by atoms with Gasteiger partial charge >= 0.3 is 12.1 Å². The zero-order chi connectivity index (χ0) is 23.8. The number of rotatable bonds is 3. The van der Waals surface area contributed by atoms with Crippen LogP contribution in [-0.4, -0.2) is 25.0 Å². The smallest absolute Gasteiger partial charge is 0.416 e. The van der Waals surface area contributed by atoms with Gasteiger partial charge in [0.1, 0.15) is 11.6 Å². The quantitative estimate of drug-likeness (QED) is 0.467. The van der Waals surface area contributed by atoms with Crippen molar-refractivity contribution in [3.63, 3.8) is 0 Å². The van der Waals surface area contributed by atoms with E-state index in [-0.39, 0.29) is 22.5 Å². The molecule has 0 spiro atoms. The number of hydrogen-bond acceptors (Lipinski definition) is 4. The van der Waals surface area contributed by atoms with E-state index in [1.165, 1.54) is 31.0 Å². The van der Waals surface area contributed by atoms with Crippen molar-refractivity contribution in [2.45, 2.75) is 19.0 Å². The van der Waals surface area contributed by atoms with Crippen molar-refractivity contribution < 1.29 is 31.5 Å². The fourth-order valence-corrected chi connectivity index (χ4v) is 3.81. The van der Waals surface area contributed by atoms with Crippen LogP contribution in [0.25, 0.3) is 5.70 Å². The molecule has 32 heavy (non-hydrogen) atoms. The Kier molecular flexibility index (Phi) is 6.08. The number of hydrogen-bond donors (Lipinski definition) is 0. The molecule has 3 rings (SSSR count). The second-order valence-electron chi connectivity index (χ2n) is 7.09. The molecular weight excluding hydrogens is 431 g/mol. The lowest BCUT2D eigenvalue weighted by atomic mass is 9.77. The van der Waals surface area contributed by atoms with Gasteiger partial charge in [-0.2, -0.15) is 18.4 Å². The van der Waals surface area contributed by atoms with E-state index < -0.39 is 40.8 Å². The van der Waals surface area contributed by atoms with E-state index >= 15 is 0 Å². The third-order valence-electron chi connectivity index (χ3n) is 5.34. The van der Waals surface area contributed by atoms with Crippen LogP contribution in [0.2, 0.25) is 0 Å². The summed E-state index contributed by atoms with van der Waals surface area (Å²) in [4.78, 5) is 14.1. The lowest BCUT2D eigenvalue weighted by molar-refractivity contribution is -0.139. The SMILES string of the molecule is COC(=O)C1=C(C)N(C)C(c2ccc(F)cc2)=C(C#N)C1c1ccc(F)cc1C(F)(F)F. The molecule has 0 fully saturated rings. The summed E-state index contributed by atoms with van der Waals surface area (Å²) < 4.78 is 73.4. The maximum absolute atomic E-state index is 13.8. The van der Waals surface area contributed by atoms with E-state index in [0.717, 1.165) is 31.4 Å². The van der Waals surface area contributed by atoms with Crippen LogP contribution in [0.3, 0.4) is 0 Å². The maximum atomic E-state index is 13.8. The summed E-state index contributed by atoms with van der Waals surface area (Å²) in [6.45, 7) is 1.49. The van der Waals surface area contributed by atoms with Gasteiger partial charge in [-0.1, -0.05) is 6.07 Å². The molecule has 0 amide bonds. The molecule has 0 saturated heterocycles. The fraction of sp³-hybridized carbons (Fsp3) is 0.217. The summed E-state index contributed by atoms with van der Waals surface area (Å²) in [6.07, 6.45) is -4.95. The third-order valence-corrected chi connectivity index (χ3v) is 5.34. The Labute approximate surface area is 180 Å². The van der Waals surface area contributed by atoms with Gasteiger partial charge in [-0.3, -0.25) is 0 Å². The van der Waals surface area contributed by atoms with Crippen LogP contribution in [0.1, 0.15) is 29.5 Å². The second-order valence-corrected chi connectivity index (χ2v) is 7.09. The van der Waals surface area contributed by atoms with Gasteiger partial charge in [0.2, 0.25) is 0 Å². The molecule has 0 bridgehead atoms. The van der Waals surface area contributed by atoms with Crippen molar-refractivity contribution in [2.75, 3.05) is 14.2 Å². The van der Waals surface area contributed by atoms with Crippen molar-refractivity contribution in [1.82, 2.24) is 4.90 Å². The van der Waals surface area contributed by atoms with E-state index in [9.17, 15) is 32.0 Å². The lowest BCUT2D eigenvalue weighted by Crippen LogP contribution is -2.31. The average molecular weight is 448 g/mol. The number of benzene rings is 2. The topological polar surface area (TPSA) is 53.3 Å². The number of esters is 1. The van der Waals surface area contributed by atoms with Crippen LogP contribution in [0.5, 0.6) is 0 Å². The van der Waals surface area contributed by atoms with E-state index in [1.54, 1.807) is 0 Å². The Morgan fingerprint density at radius 3 is 2.22 bits per heavy atom. The average Bonchev–Trinajstić information content (AvgIpc) is 2.75. The monoisotopic (exact) mass is 448 g/mol. The molecule has 0 saturated carbocycles. The highest BCUT2D eigenvalue weighted by Crippen LogP contribution is 2.47. The Balaban J connectivity index is 2.42. The van der Waals surface area contributed by atoms with Gasteiger partial charge in [-0.15, -0.1) is 0 Å². The minimum absolute atomic E-state index is 0.186. The Hall–Kier alpha value is -3.67. The molecule has 1 aliphatic rings. The number of methoxy groups -OCH3 is 1. The van der Waals surface area contributed by atoms with E-state index in [1.807, 2.05) is 6.07 Å². The van der Waals surface area contributed by atoms with Gasteiger partial charge < -0.3 is 9.64 Å². The number of alkyl halides is 3. The summed E-state index contributed by atoms with van der Waals surface area (Å²) in [5, 5.41) is 10.00. The lowest BCUT2D eigenvalue weighted by Gasteiger charge is -2.36. The van der Waals surface area contributed by atoms with Crippen LogP contribution in [-0.2, 0) is 15.7 Å². The first-order chi connectivity index (χ1) is 15.0. The van der Waals surface area contributed by atoms with Gasteiger partial charge in [0.05, 0.1) is 41.5 Å². The zero-order valence-corrected chi connectivity index (χ0v) is 17.2. The Morgan fingerprint density at radius 2 is 1.69 bits per heavy atom. The van der Waals surface area contributed by atoms with Crippen LogP contribution < -0.4 is 0 Å². The highest BCUT2D eigenvalue weighted by molar-refractivity contribution is 5.95. The molecule has 0 N–H and O–H groups in total. The number of ether oxygens (including phenoxy) is 1. The maximum Gasteiger partial charge on any atom is 0.416 e. The summed E-state index contributed by atoms with van der Waals surface area (Å²) in [7, 11) is 2.60. The molecule has 166 valence electrons. The van der Waals surface area contributed by atoms with Crippen molar-refractivity contribution in [3.8, 4) is 6.07 Å². The molecule has 2 aromatic carbocycles.